The summed E-state index contributed by atoms with van der Waals surface area (Å²) in [7, 11) is 0. The SMILES string of the molecule is Cc1ccc(CC(=O)c2cc[c]cc2)cc1. The molecule has 0 aromatic heterocycles. The maximum atomic E-state index is 11.9. The van der Waals surface area contributed by atoms with E-state index < -0.39 is 0 Å². The predicted molar refractivity (Wildman–Crippen MR) is 64.5 cm³/mol. The van der Waals surface area contributed by atoms with E-state index in [-0.39, 0.29) is 5.78 Å². The molecule has 1 nitrogen and oxygen atoms in total. The van der Waals surface area contributed by atoms with Gasteiger partial charge in [-0.1, -0.05) is 54.1 Å². The average molecular weight is 209 g/mol. The third-order valence-electron chi connectivity index (χ3n) is 2.53. The molecule has 16 heavy (non-hydrogen) atoms. The minimum Gasteiger partial charge on any atom is -0.294 e. The van der Waals surface area contributed by atoms with E-state index in [2.05, 4.69) is 6.07 Å². The molecule has 0 N–H and O–H groups in total. The predicted octanol–water partition coefficient (Wildman–Crippen LogP) is 3.22. The quantitative estimate of drug-likeness (QED) is 0.709. The molecule has 1 heteroatoms. The fourth-order valence-electron chi connectivity index (χ4n) is 1.57. The molecule has 0 amide bonds. The van der Waals surface area contributed by atoms with E-state index in [0.29, 0.717) is 6.42 Å². The summed E-state index contributed by atoms with van der Waals surface area (Å²) in [6.07, 6.45) is 0.463. The van der Waals surface area contributed by atoms with Crippen molar-refractivity contribution in [2.45, 2.75) is 13.3 Å². The molecule has 2 rings (SSSR count). The van der Waals surface area contributed by atoms with Crippen LogP contribution < -0.4 is 0 Å². The summed E-state index contributed by atoms with van der Waals surface area (Å²) >= 11 is 0. The minimum atomic E-state index is 0.151. The maximum Gasteiger partial charge on any atom is 0.167 e. The van der Waals surface area contributed by atoms with Gasteiger partial charge in [0.05, 0.1) is 0 Å². The second kappa shape index (κ2) is 4.75. The smallest absolute Gasteiger partial charge is 0.167 e. The Bertz CT molecular complexity index is 469. The molecule has 2 aromatic carbocycles. The number of hydrogen-bond donors (Lipinski definition) is 0. The second-order valence-corrected chi connectivity index (χ2v) is 3.87. The van der Waals surface area contributed by atoms with Crippen molar-refractivity contribution in [2.24, 2.45) is 0 Å². The molecule has 0 aliphatic rings. The van der Waals surface area contributed by atoms with Crippen LogP contribution in [0, 0.1) is 13.0 Å². The van der Waals surface area contributed by atoms with E-state index in [1.54, 1.807) is 24.3 Å². The Morgan fingerprint density at radius 1 is 1.06 bits per heavy atom. The van der Waals surface area contributed by atoms with Gasteiger partial charge in [0.2, 0.25) is 0 Å². The van der Waals surface area contributed by atoms with Gasteiger partial charge in [-0.15, -0.1) is 0 Å². The molecule has 1 radical (unpaired) electrons. The largest absolute Gasteiger partial charge is 0.294 e. The molecule has 79 valence electrons. The molecule has 0 bridgehead atoms. The van der Waals surface area contributed by atoms with Gasteiger partial charge in [0.15, 0.2) is 5.78 Å². The molecule has 0 heterocycles. The van der Waals surface area contributed by atoms with Crippen molar-refractivity contribution < 1.29 is 4.79 Å². The first-order valence-corrected chi connectivity index (χ1v) is 5.30. The lowest BCUT2D eigenvalue weighted by atomic mass is 10.0. The van der Waals surface area contributed by atoms with Crippen molar-refractivity contribution in [3.8, 4) is 0 Å². The van der Waals surface area contributed by atoms with Crippen LogP contribution in [0.1, 0.15) is 21.5 Å². The lowest BCUT2D eigenvalue weighted by Gasteiger charge is -2.01. The molecule has 0 aliphatic carbocycles. The van der Waals surface area contributed by atoms with Gasteiger partial charge in [0.1, 0.15) is 0 Å². The maximum absolute atomic E-state index is 11.9. The zero-order valence-corrected chi connectivity index (χ0v) is 9.23. The Balaban J connectivity index is 2.11. The van der Waals surface area contributed by atoms with Crippen LogP contribution in [0.5, 0.6) is 0 Å². The number of benzene rings is 2. The van der Waals surface area contributed by atoms with E-state index in [4.69, 9.17) is 0 Å². The summed E-state index contributed by atoms with van der Waals surface area (Å²) in [4.78, 5) is 11.9. The van der Waals surface area contributed by atoms with Crippen LogP contribution in [0.4, 0.5) is 0 Å². The highest BCUT2D eigenvalue weighted by Crippen LogP contribution is 2.08. The van der Waals surface area contributed by atoms with E-state index in [0.717, 1.165) is 11.1 Å². The number of rotatable bonds is 3. The first kappa shape index (κ1) is 10.6. The number of aryl methyl sites for hydroxylation is 1. The van der Waals surface area contributed by atoms with Crippen molar-refractivity contribution in [1.82, 2.24) is 0 Å². The molecular formula is C15H13O. The molecule has 0 saturated carbocycles. The van der Waals surface area contributed by atoms with Crippen LogP contribution in [0.15, 0.2) is 48.5 Å². The number of carbonyl (C=O) groups excluding carboxylic acids is 1. The summed E-state index contributed by atoms with van der Waals surface area (Å²) < 4.78 is 0. The standard InChI is InChI=1S/C15H13O/c1-12-7-9-13(10-8-12)11-15(16)14-5-3-2-4-6-14/h3-10H,11H2,1H3. The zero-order chi connectivity index (χ0) is 11.4. The van der Waals surface area contributed by atoms with E-state index in [9.17, 15) is 4.79 Å². The van der Waals surface area contributed by atoms with E-state index >= 15 is 0 Å². The van der Waals surface area contributed by atoms with Gasteiger partial charge in [-0.05, 0) is 18.6 Å². The highest BCUT2D eigenvalue weighted by molar-refractivity contribution is 5.97. The fraction of sp³-hybridized carbons (Fsp3) is 0.133. The van der Waals surface area contributed by atoms with Crippen molar-refractivity contribution in [3.63, 3.8) is 0 Å². The first-order valence-electron chi connectivity index (χ1n) is 5.30. The third-order valence-corrected chi connectivity index (χ3v) is 2.53. The molecule has 0 unspecified atom stereocenters. The van der Waals surface area contributed by atoms with Crippen LogP contribution >= 0.6 is 0 Å². The molecule has 0 saturated heterocycles. The van der Waals surface area contributed by atoms with Gasteiger partial charge in [0.25, 0.3) is 0 Å². The molecule has 0 fully saturated rings. The zero-order valence-electron chi connectivity index (χ0n) is 9.23. The van der Waals surface area contributed by atoms with E-state index in [1.165, 1.54) is 5.56 Å². The number of ketones is 1. The Hall–Kier alpha value is -1.89. The molecule has 2 aromatic rings. The van der Waals surface area contributed by atoms with Crippen LogP contribution in [0.25, 0.3) is 0 Å². The topological polar surface area (TPSA) is 17.1 Å². The normalized spacial score (nSPS) is 10.1. The van der Waals surface area contributed by atoms with E-state index in [1.807, 2.05) is 31.2 Å². The number of hydrogen-bond acceptors (Lipinski definition) is 1. The Morgan fingerprint density at radius 3 is 2.31 bits per heavy atom. The third kappa shape index (κ3) is 2.57. The number of Topliss-reactive ketones (excluding diaryl/α,β-unsaturated/α-hetero) is 1. The first-order chi connectivity index (χ1) is 7.75. The van der Waals surface area contributed by atoms with Crippen molar-refractivity contribution in [2.75, 3.05) is 0 Å². The second-order valence-electron chi connectivity index (χ2n) is 3.87. The van der Waals surface area contributed by atoms with Crippen LogP contribution in [0.3, 0.4) is 0 Å². The summed E-state index contributed by atoms with van der Waals surface area (Å²) in [6, 6.07) is 18.1. The summed E-state index contributed by atoms with van der Waals surface area (Å²) in [5.74, 6) is 0.151. The number of carbonyl (C=O) groups is 1. The van der Waals surface area contributed by atoms with Gasteiger partial charge in [-0.2, -0.15) is 0 Å². The Kier molecular flexibility index (Phi) is 3.16. The molecule has 0 spiro atoms. The fourth-order valence-corrected chi connectivity index (χ4v) is 1.57. The van der Waals surface area contributed by atoms with Crippen molar-refractivity contribution in [3.05, 3.63) is 71.3 Å². The van der Waals surface area contributed by atoms with Gasteiger partial charge in [0, 0.05) is 12.0 Å². The van der Waals surface area contributed by atoms with Gasteiger partial charge in [-0.3, -0.25) is 4.79 Å². The van der Waals surface area contributed by atoms with Crippen molar-refractivity contribution in [1.29, 1.82) is 0 Å². The molecule has 0 atom stereocenters. The van der Waals surface area contributed by atoms with Gasteiger partial charge < -0.3 is 0 Å². The lowest BCUT2D eigenvalue weighted by molar-refractivity contribution is 0.0993. The molecular weight excluding hydrogens is 196 g/mol. The van der Waals surface area contributed by atoms with Crippen LogP contribution in [0.2, 0.25) is 0 Å². The van der Waals surface area contributed by atoms with Crippen LogP contribution in [-0.4, -0.2) is 5.78 Å². The minimum absolute atomic E-state index is 0.151. The highest BCUT2D eigenvalue weighted by atomic mass is 16.1. The van der Waals surface area contributed by atoms with Gasteiger partial charge >= 0.3 is 0 Å². The lowest BCUT2D eigenvalue weighted by Crippen LogP contribution is -2.02. The molecule has 0 aliphatic heterocycles. The van der Waals surface area contributed by atoms with Crippen LogP contribution in [-0.2, 0) is 6.42 Å². The average Bonchev–Trinajstić information content (AvgIpc) is 2.33. The summed E-state index contributed by atoms with van der Waals surface area (Å²) in [5.41, 5.74) is 3.02. The Morgan fingerprint density at radius 2 is 1.69 bits per heavy atom. The highest BCUT2D eigenvalue weighted by Gasteiger charge is 2.05. The summed E-state index contributed by atoms with van der Waals surface area (Å²) in [6.45, 7) is 2.04. The van der Waals surface area contributed by atoms with Crippen molar-refractivity contribution >= 4 is 5.78 Å². The monoisotopic (exact) mass is 209 g/mol. The van der Waals surface area contributed by atoms with Gasteiger partial charge in [-0.25, -0.2) is 0 Å². The Labute approximate surface area is 95.7 Å². The summed E-state index contributed by atoms with van der Waals surface area (Å²) in [5, 5.41) is 0.